The molecule has 0 spiro atoms. The Morgan fingerprint density at radius 3 is 2.31 bits per heavy atom. The molecule has 2 aliphatic rings. The Balaban J connectivity index is 2.13. The summed E-state index contributed by atoms with van der Waals surface area (Å²) in [6.45, 7) is 1.98. The molecule has 0 aromatic carbocycles. The second-order valence-corrected chi connectivity index (χ2v) is 6.72. The zero-order chi connectivity index (χ0) is 11.6. The van der Waals surface area contributed by atoms with Crippen molar-refractivity contribution in [2.75, 3.05) is 25.5 Å². The third-order valence-corrected chi connectivity index (χ3v) is 5.89. The first-order valence-corrected chi connectivity index (χ1v) is 7.92. The highest BCUT2D eigenvalue weighted by Gasteiger charge is 2.36. The lowest BCUT2D eigenvalue weighted by atomic mass is 10.1. The first-order chi connectivity index (χ1) is 7.66. The normalized spacial score (nSPS) is 29.7. The molecule has 1 unspecified atom stereocenters. The van der Waals surface area contributed by atoms with E-state index in [-0.39, 0.29) is 6.04 Å². The lowest BCUT2D eigenvalue weighted by molar-refractivity contribution is 0.252. The molecule has 0 amide bonds. The average molecular weight is 267 g/mol. The van der Waals surface area contributed by atoms with E-state index >= 15 is 0 Å². The molecular weight excluding hydrogens is 248 g/mol. The van der Waals surface area contributed by atoms with E-state index in [9.17, 15) is 8.42 Å². The number of alkyl halides is 1. The fourth-order valence-corrected chi connectivity index (χ4v) is 4.83. The number of hydrogen-bond acceptors (Lipinski definition) is 2. The van der Waals surface area contributed by atoms with Gasteiger partial charge in [0.2, 0.25) is 0 Å². The molecule has 2 rings (SSSR count). The fraction of sp³-hybridized carbons (Fsp3) is 1.00. The molecule has 0 bridgehead atoms. The van der Waals surface area contributed by atoms with Crippen molar-refractivity contribution in [1.29, 1.82) is 0 Å². The van der Waals surface area contributed by atoms with Crippen LogP contribution in [-0.2, 0) is 10.2 Å². The minimum atomic E-state index is -3.24. The van der Waals surface area contributed by atoms with E-state index in [4.69, 9.17) is 11.6 Å². The third-order valence-electron chi connectivity index (χ3n) is 3.44. The maximum Gasteiger partial charge on any atom is 0.282 e. The Hall–Kier alpha value is 0.160. The molecule has 4 nitrogen and oxygen atoms in total. The van der Waals surface area contributed by atoms with Crippen LogP contribution < -0.4 is 0 Å². The van der Waals surface area contributed by atoms with E-state index in [0.717, 1.165) is 32.1 Å². The fourth-order valence-electron chi connectivity index (χ4n) is 2.50. The van der Waals surface area contributed by atoms with Gasteiger partial charge < -0.3 is 0 Å². The molecule has 0 aromatic rings. The van der Waals surface area contributed by atoms with E-state index in [1.54, 1.807) is 8.61 Å². The molecule has 2 saturated heterocycles. The molecule has 0 saturated carbocycles. The Morgan fingerprint density at radius 2 is 1.69 bits per heavy atom. The van der Waals surface area contributed by atoms with Crippen molar-refractivity contribution in [2.24, 2.45) is 0 Å². The third kappa shape index (κ3) is 2.37. The molecule has 2 fully saturated rings. The van der Waals surface area contributed by atoms with Crippen molar-refractivity contribution in [3.63, 3.8) is 0 Å². The van der Waals surface area contributed by atoms with E-state index in [1.807, 2.05) is 0 Å². The van der Waals surface area contributed by atoms with Crippen LogP contribution in [0.1, 0.15) is 32.1 Å². The number of nitrogens with zero attached hydrogens (tertiary/aromatic N) is 2. The van der Waals surface area contributed by atoms with Gasteiger partial charge in [0.05, 0.1) is 0 Å². The number of halogens is 1. The summed E-state index contributed by atoms with van der Waals surface area (Å²) in [5.41, 5.74) is 0. The van der Waals surface area contributed by atoms with Crippen LogP contribution in [0.25, 0.3) is 0 Å². The second kappa shape index (κ2) is 5.21. The maximum atomic E-state index is 12.4. The largest absolute Gasteiger partial charge is 0.282 e. The van der Waals surface area contributed by atoms with Gasteiger partial charge in [-0.05, 0) is 25.7 Å². The smallest absolute Gasteiger partial charge is 0.195 e. The van der Waals surface area contributed by atoms with Crippen LogP contribution >= 0.6 is 11.6 Å². The molecule has 0 N–H and O–H groups in total. The number of hydrogen-bond donors (Lipinski definition) is 0. The van der Waals surface area contributed by atoms with Crippen molar-refractivity contribution in [3.05, 3.63) is 0 Å². The zero-order valence-corrected chi connectivity index (χ0v) is 11.0. The first kappa shape index (κ1) is 12.6. The van der Waals surface area contributed by atoms with Gasteiger partial charge in [0.1, 0.15) is 0 Å². The topological polar surface area (TPSA) is 40.6 Å². The predicted molar refractivity (Wildman–Crippen MR) is 64.8 cm³/mol. The summed E-state index contributed by atoms with van der Waals surface area (Å²) >= 11 is 5.86. The lowest BCUT2D eigenvalue weighted by Gasteiger charge is -2.35. The minimum Gasteiger partial charge on any atom is -0.195 e. The first-order valence-electron chi connectivity index (χ1n) is 5.99. The van der Waals surface area contributed by atoms with Crippen molar-refractivity contribution >= 4 is 21.8 Å². The summed E-state index contributed by atoms with van der Waals surface area (Å²) in [6.07, 6.45) is 4.91. The molecule has 0 aliphatic carbocycles. The van der Waals surface area contributed by atoms with E-state index in [2.05, 4.69) is 0 Å². The summed E-state index contributed by atoms with van der Waals surface area (Å²) in [7, 11) is -3.24. The van der Waals surface area contributed by atoms with Crippen molar-refractivity contribution < 1.29 is 8.42 Å². The number of rotatable bonds is 3. The summed E-state index contributed by atoms with van der Waals surface area (Å²) < 4.78 is 27.9. The highest BCUT2D eigenvalue weighted by Crippen LogP contribution is 2.25. The van der Waals surface area contributed by atoms with Crippen LogP contribution in [0, 0.1) is 0 Å². The van der Waals surface area contributed by atoms with Crippen LogP contribution in [-0.4, -0.2) is 48.6 Å². The Bertz CT molecular complexity index is 328. The van der Waals surface area contributed by atoms with Gasteiger partial charge in [0.15, 0.2) is 0 Å². The van der Waals surface area contributed by atoms with Gasteiger partial charge in [0.25, 0.3) is 10.2 Å². The van der Waals surface area contributed by atoms with Crippen LogP contribution in [0.3, 0.4) is 0 Å². The van der Waals surface area contributed by atoms with E-state index in [1.165, 1.54) is 0 Å². The van der Waals surface area contributed by atoms with Crippen molar-refractivity contribution in [3.8, 4) is 0 Å². The number of piperidine rings is 1. The van der Waals surface area contributed by atoms with Gasteiger partial charge in [-0.25, -0.2) is 0 Å². The predicted octanol–water partition coefficient (Wildman–Crippen LogP) is 1.42. The average Bonchev–Trinajstić information content (AvgIpc) is 2.83. The van der Waals surface area contributed by atoms with Crippen molar-refractivity contribution in [2.45, 2.75) is 38.1 Å². The Labute approximate surface area is 103 Å². The Kier molecular flexibility index (Phi) is 4.11. The monoisotopic (exact) mass is 266 g/mol. The van der Waals surface area contributed by atoms with Crippen molar-refractivity contribution in [1.82, 2.24) is 8.61 Å². The summed E-state index contributed by atoms with van der Waals surface area (Å²) in [5, 5.41) is 0. The van der Waals surface area contributed by atoms with Gasteiger partial charge in [-0.15, -0.1) is 11.6 Å². The summed E-state index contributed by atoms with van der Waals surface area (Å²) in [5.74, 6) is 0.410. The lowest BCUT2D eigenvalue weighted by Crippen LogP contribution is -2.50. The minimum absolute atomic E-state index is 0.000941. The molecule has 2 heterocycles. The highest BCUT2D eigenvalue weighted by atomic mass is 35.5. The molecule has 0 radical (unpaired) electrons. The summed E-state index contributed by atoms with van der Waals surface area (Å²) in [6, 6.07) is 0.000941. The molecular formula is C10H19ClN2O2S. The van der Waals surface area contributed by atoms with Crippen LogP contribution in [0.4, 0.5) is 0 Å². The van der Waals surface area contributed by atoms with E-state index in [0.29, 0.717) is 25.5 Å². The molecule has 6 heteroatoms. The molecule has 94 valence electrons. The molecule has 16 heavy (non-hydrogen) atoms. The second-order valence-electron chi connectivity index (χ2n) is 4.53. The van der Waals surface area contributed by atoms with Gasteiger partial charge in [-0.3, -0.25) is 0 Å². The molecule has 1 atom stereocenters. The summed E-state index contributed by atoms with van der Waals surface area (Å²) in [4.78, 5) is 0. The van der Waals surface area contributed by atoms with Gasteiger partial charge in [-0.1, -0.05) is 6.42 Å². The van der Waals surface area contributed by atoms with Gasteiger partial charge in [-0.2, -0.15) is 17.0 Å². The molecule has 0 aromatic heterocycles. The quantitative estimate of drug-likeness (QED) is 0.725. The van der Waals surface area contributed by atoms with Crippen LogP contribution in [0.2, 0.25) is 0 Å². The van der Waals surface area contributed by atoms with Gasteiger partial charge >= 0.3 is 0 Å². The van der Waals surface area contributed by atoms with Crippen LogP contribution in [0.5, 0.6) is 0 Å². The standard InChI is InChI=1S/C10H19ClN2O2S/c11-9-10-5-1-2-8-13(10)16(14,15)12-6-3-4-7-12/h10H,1-9H2. The Morgan fingerprint density at radius 1 is 1.06 bits per heavy atom. The van der Waals surface area contributed by atoms with E-state index < -0.39 is 10.2 Å². The van der Waals surface area contributed by atoms with Crippen LogP contribution in [0.15, 0.2) is 0 Å². The molecule has 2 aliphatic heterocycles. The highest BCUT2D eigenvalue weighted by molar-refractivity contribution is 7.86. The zero-order valence-electron chi connectivity index (χ0n) is 9.44. The van der Waals surface area contributed by atoms with Gasteiger partial charge in [0, 0.05) is 31.6 Å². The SMILES string of the molecule is O=S(=O)(N1CCCC1)N1CCCCC1CCl. The maximum absolute atomic E-state index is 12.4.